The van der Waals surface area contributed by atoms with Crippen molar-refractivity contribution in [3.05, 3.63) is 39.4 Å². The summed E-state index contributed by atoms with van der Waals surface area (Å²) in [6.45, 7) is 8.01. The number of aliphatic hydroxyl groups is 1. The molecule has 0 amide bonds. The molecule has 1 rings (SSSR count). The summed E-state index contributed by atoms with van der Waals surface area (Å²) in [6, 6.07) is 5.42. The highest BCUT2D eigenvalue weighted by molar-refractivity contribution is 5.45. The summed E-state index contributed by atoms with van der Waals surface area (Å²) in [4.78, 5) is 12.8. The predicted molar refractivity (Wildman–Crippen MR) is 75.2 cm³/mol. The van der Waals surface area contributed by atoms with Gasteiger partial charge in [-0.3, -0.25) is 15.0 Å². The fourth-order valence-electron chi connectivity index (χ4n) is 2.08. The third-order valence-corrected chi connectivity index (χ3v) is 3.18. The summed E-state index contributed by atoms with van der Waals surface area (Å²) in [5.41, 5.74) is 1.86. The van der Waals surface area contributed by atoms with Crippen molar-refractivity contribution in [3.63, 3.8) is 0 Å². The molecule has 19 heavy (non-hydrogen) atoms. The first kappa shape index (κ1) is 15.6. The van der Waals surface area contributed by atoms with Gasteiger partial charge < -0.3 is 5.11 Å². The van der Waals surface area contributed by atoms with Crippen LogP contribution in [0.25, 0.3) is 0 Å². The van der Waals surface area contributed by atoms with Gasteiger partial charge in [-0.2, -0.15) is 0 Å². The van der Waals surface area contributed by atoms with Crippen LogP contribution in [0.3, 0.4) is 0 Å². The lowest BCUT2D eigenvalue weighted by atomic mass is 9.99. The van der Waals surface area contributed by atoms with E-state index in [9.17, 15) is 10.1 Å². The molecule has 0 aliphatic rings. The number of nitrogens with zero attached hydrogens (tertiary/aromatic N) is 2. The highest BCUT2D eigenvalue weighted by Crippen LogP contribution is 2.27. The molecule has 0 atom stereocenters. The minimum absolute atomic E-state index is 0.0972. The smallest absolute Gasteiger partial charge is 0.273 e. The van der Waals surface area contributed by atoms with Crippen molar-refractivity contribution < 1.29 is 10.0 Å². The van der Waals surface area contributed by atoms with Crippen molar-refractivity contribution in [2.24, 2.45) is 0 Å². The summed E-state index contributed by atoms with van der Waals surface area (Å²) in [5.74, 6) is 0.133. The van der Waals surface area contributed by atoms with Crippen molar-refractivity contribution in [2.45, 2.75) is 33.2 Å². The summed E-state index contributed by atoms with van der Waals surface area (Å²) < 4.78 is 0. The molecule has 0 unspecified atom stereocenters. The van der Waals surface area contributed by atoms with Crippen molar-refractivity contribution in [1.29, 1.82) is 0 Å². The van der Waals surface area contributed by atoms with Crippen LogP contribution < -0.4 is 0 Å². The molecule has 1 aromatic rings. The number of hydrogen-bond acceptors (Lipinski definition) is 4. The minimum atomic E-state index is -0.318. The third kappa shape index (κ3) is 4.29. The third-order valence-electron chi connectivity index (χ3n) is 3.18. The van der Waals surface area contributed by atoms with E-state index < -0.39 is 0 Å². The Morgan fingerprint density at radius 3 is 2.58 bits per heavy atom. The molecule has 106 valence electrons. The second-order valence-electron chi connectivity index (χ2n) is 4.90. The maximum atomic E-state index is 11.1. The fourth-order valence-corrected chi connectivity index (χ4v) is 2.08. The average Bonchev–Trinajstić information content (AvgIpc) is 2.37. The lowest BCUT2D eigenvalue weighted by Crippen LogP contribution is -2.26. The molecule has 0 heterocycles. The van der Waals surface area contributed by atoms with E-state index in [2.05, 4.69) is 0 Å². The molecular weight excluding hydrogens is 244 g/mol. The molecule has 1 N–H and O–H groups in total. The van der Waals surface area contributed by atoms with Gasteiger partial charge in [-0.05, 0) is 18.0 Å². The van der Waals surface area contributed by atoms with Crippen LogP contribution in [0.2, 0.25) is 0 Å². The monoisotopic (exact) mass is 266 g/mol. The van der Waals surface area contributed by atoms with E-state index in [-0.39, 0.29) is 23.1 Å². The Labute approximate surface area is 114 Å². The normalized spacial score (nSPS) is 11.3. The van der Waals surface area contributed by atoms with E-state index in [0.29, 0.717) is 13.1 Å². The van der Waals surface area contributed by atoms with Crippen LogP contribution in [-0.2, 0) is 6.54 Å². The lowest BCUT2D eigenvalue weighted by Gasteiger charge is -2.19. The standard InChI is InChI=1S/C14H22N2O3/c1-4-15(7-8-17)10-12-5-6-13(11(2)3)14(9-12)16(18)19/h5-6,9,11,17H,4,7-8,10H2,1-3H3. The molecule has 0 fully saturated rings. The molecule has 0 aliphatic heterocycles. The Balaban J connectivity index is 2.98. The number of hydrogen-bond donors (Lipinski definition) is 1. The number of benzene rings is 1. The Bertz CT molecular complexity index is 433. The quantitative estimate of drug-likeness (QED) is 0.608. The van der Waals surface area contributed by atoms with Crippen molar-refractivity contribution >= 4 is 5.69 Å². The Kier molecular flexibility index (Phi) is 5.92. The predicted octanol–water partition coefficient (Wildman–Crippen LogP) is 2.53. The molecule has 1 aromatic carbocycles. The van der Waals surface area contributed by atoms with Crippen molar-refractivity contribution in [2.75, 3.05) is 19.7 Å². The molecule has 0 radical (unpaired) electrons. The SMILES string of the molecule is CCN(CCO)Cc1ccc(C(C)C)c([N+](=O)[O-])c1. The summed E-state index contributed by atoms with van der Waals surface area (Å²) in [7, 11) is 0. The van der Waals surface area contributed by atoms with E-state index in [4.69, 9.17) is 5.11 Å². The van der Waals surface area contributed by atoms with Gasteiger partial charge >= 0.3 is 0 Å². The van der Waals surface area contributed by atoms with Gasteiger partial charge in [0.05, 0.1) is 11.5 Å². The van der Waals surface area contributed by atoms with Gasteiger partial charge in [0.2, 0.25) is 0 Å². The van der Waals surface area contributed by atoms with Gasteiger partial charge in [0.1, 0.15) is 0 Å². The maximum Gasteiger partial charge on any atom is 0.273 e. The number of nitro benzene ring substituents is 1. The van der Waals surface area contributed by atoms with Crippen LogP contribution in [0, 0.1) is 10.1 Å². The zero-order valence-electron chi connectivity index (χ0n) is 11.8. The zero-order valence-corrected chi connectivity index (χ0v) is 11.8. The van der Waals surface area contributed by atoms with Crippen LogP contribution in [-0.4, -0.2) is 34.6 Å². The van der Waals surface area contributed by atoms with E-state index in [1.807, 2.05) is 37.8 Å². The van der Waals surface area contributed by atoms with E-state index in [1.165, 1.54) is 0 Å². The van der Waals surface area contributed by atoms with Crippen molar-refractivity contribution in [1.82, 2.24) is 4.90 Å². The van der Waals surface area contributed by atoms with Gasteiger partial charge in [-0.1, -0.05) is 32.9 Å². The second kappa shape index (κ2) is 7.21. The molecule has 0 saturated carbocycles. The van der Waals surface area contributed by atoms with Crippen LogP contribution in [0.5, 0.6) is 0 Å². The topological polar surface area (TPSA) is 66.6 Å². The fraction of sp³-hybridized carbons (Fsp3) is 0.571. The second-order valence-corrected chi connectivity index (χ2v) is 4.90. The molecule has 0 saturated heterocycles. The van der Waals surface area contributed by atoms with Crippen LogP contribution in [0.1, 0.15) is 37.8 Å². The molecule has 0 bridgehead atoms. The van der Waals surface area contributed by atoms with E-state index >= 15 is 0 Å². The van der Waals surface area contributed by atoms with Gasteiger partial charge in [-0.25, -0.2) is 0 Å². The average molecular weight is 266 g/mol. The van der Waals surface area contributed by atoms with E-state index in [0.717, 1.165) is 17.7 Å². The Morgan fingerprint density at radius 2 is 2.11 bits per heavy atom. The first-order valence-corrected chi connectivity index (χ1v) is 6.60. The minimum Gasteiger partial charge on any atom is -0.395 e. The Morgan fingerprint density at radius 1 is 1.42 bits per heavy atom. The lowest BCUT2D eigenvalue weighted by molar-refractivity contribution is -0.385. The highest BCUT2D eigenvalue weighted by Gasteiger charge is 2.17. The Hall–Kier alpha value is -1.46. The maximum absolute atomic E-state index is 11.1. The van der Waals surface area contributed by atoms with E-state index in [1.54, 1.807) is 6.07 Å². The van der Waals surface area contributed by atoms with Gasteiger partial charge in [-0.15, -0.1) is 0 Å². The zero-order chi connectivity index (χ0) is 14.4. The molecular formula is C14H22N2O3. The highest BCUT2D eigenvalue weighted by atomic mass is 16.6. The molecule has 0 spiro atoms. The van der Waals surface area contributed by atoms with Gasteiger partial charge in [0, 0.05) is 24.7 Å². The number of likely N-dealkylation sites (N-methyl/N-ethyl adjacent to an activating group) is 1. The van der Waals surface area contributed by atoms with Crippen LogP contribution in [0.15, 0.2) is 18.2 Å². The first-order valence-electron chi connectivity index (χ1n) is 6.60. The van der Waals surface area contributed by atoms with Crippen LogP contribution in [0.4, 0.5) is 5.69 Å². The largest absolute Gasteiger partial charge is 0.395 e. The molecule has 5 heteroatoms. The molecule has 5 nitrogen and oxygen atoms in total. The van der Waals surface area contributed by atoms with Crippen molar-refractivity contribution in [3.8, 4) is 0 Å². The van der Waals surface area contributed by atoms with Crippen LogP contribution >= 0.6 is 0 Å². The van der Waals surface area contributed by atoms with Gasteiger partial charge in [0.15, 0.2) is 0 Å². The summed E-state index contributed by atoms with van der Waals surface area (Å²) >= 11 is 0. The number of rotatable bonds is 7. The molecule has 0 aliphatic carbocycles. The number of nitro groups is 1. The summed E-state index contributed by atoms with van der Waals surface area (Å²) in [6.07, 6.45) is 0. The summed E-state index contributed by atoms with van der Waals surface area (Å²) in [5, 5.41) is 20.1. The van der Waals surface area contributed by atoms with Gasteiger partial charge in [0.25, 0.3) is 5.69 Å². The molecule has 0 aromatic heterocycles. The first-order chi connectivity index (χ1) is 8.99. The number of aliphatic hydroxyl groups excluding tert-OH is 1.